The second kappa shape index (κ2) is 8.14. The average Bonchev–Trinajstić information content (AvgIpc) is 3.41. The molecule has 0 radical (unpaired) electrons. The van der Waals surface area contributed by atoms with Crippen LogP contribution in [0, 0.1) is 0 Å². The first-order valence-corrected chi connectivity index (χ1v) is 9.72. The fourth-order valence-corrected chi connectivity index (χ4v) is 3.95. The van der Waals surface area contributed by atoms with Crippen LogP contribution in [-0.2, 0) is 18.3 Å². The molecule has 0 aliphatic carbocycles. The van der Waals surface area contributed by atoms with E-state index >= 15 is 0 Å². The summed E-state index contributed by atoms with van der Waals surface area (Å²) < 4.78 is 9.36. The largest absolute Gasteiger partial charge is 0.379 e. The number of anilines is 1. The quantitative estimate of drug-likeness (QED) is 0.871. The zero-order chi connectivity index (χ0) is 18.6. The minimum absolute atomic E-state index is 0.0496. The fourth-order valence-electron chi connectivity index (χ4n) is 3.95. The third-order valence-corrected chi connectivity index (χ3v) is 5.47. The monoisotopic (exact) mass is 372 g/mol. The van der Waals surface area contributed by atoms with Crippen molar-refractivity contribution in [2.45, 2.75) is 25.4 Å². The van der Waals surface area contributed by atoms with Crippen molar-refractivity contribution in [3.05, 3.63) is 36.4 Å². The summed E-state index contributed by atoms with van der Waals surface area (Å²) in [7, 11) is 2.03. The average molecular weight is 372 g/mol. The van der Waals surface area contributed by atoms with Crippen molar-refractivity contribution in [2.75, 3.05) is 44.7 Å². The van der Waals surface area contributed by atoms with Gasteiger partial charge >= 0.3 is 6.03 Å². The van der Waals surface area contributed by atoms with E-state index in [1.54, 1.807) is 6.20 Å². The maximum Gasteiger partial charge on any atom is 0.322 e. The molecule has 1 atom stereocenters. The van der Waals surface area contributed by atoms with E-state index in [4.69, 9.17) is 4.74 Å². The molecule has 0 spiro atoms. The van der Waals surface area contributed by atoms with Gasteiger partial charge in [-0.1, -0.05) is 0 Å². The molecule has 2 aliphatic rings. The Balaban J connectivity index is 1.33. The highest BCUT2D eigenvalue weighted by atomic mass is 16.5. The molecule has 0 aromatic carbocycles. The lowest BCUT2D eigenvalue weighted by molar-refractivity contribution is 0.0360. The van der Waals surface area contributed by atoms with Gasteiger partial charge in [0.15, 0.2) is 0 Å². The molecule has 2 saturated heterocycles. The van der Waals surface area contributed by atoms with Gasteiger partial charge in [0.05, 0.1) is 37.7 Å². The summed E-state index contributed by atoms with van der Waals surface area (Å²) in [6, 6.07) is 4.22. The molecule has 8 heteroatoms. The van der Waals surface area contributed by atoms with E-state index < -0.39 is 0 Å². The zero-order valence-electron chi connectivity index (χ0n) is 15.9. The lowest BCUT2D eigenvalue weighted by atomic mass is 10.1. The van der Waals surface area contributed by atoms with Gasteiger partial charge < -0.3 is 19.5 Å². The molecule has 2 aliphatic heterocycles. The number of carbonyl (C=O) groups is 1. The zero-order valence-corrected chi connectivity index (χ0v) is 15.9. The number of nitrogens with zero attached hydrogens (tertiary/aromatic N) is 5. The highest BCUT2D eigenvalue weighted by Gasteiger charge is 2.31. The van der Waals surface area contributed by atoms with Crippen LogP contribution < -0.4 is 5.32 Å². The topological polar surface area (TPSA) is 67.6 Å². The van der Waals surface area contributed by atoms with Gasteiger partial charge in [0.2, 0.25) is 0 Å². The molecule has 2 aromatic rings. The van der Waals surface area contributed by atoms with E-state index in [2.05, 4.69) is 25.9 Å². The van der Waals surface area contributed by atoms with Gasteiger partial charge in [-0.25, -0.2) is 4.79 Å². The third-order valence-electron chi connectivity index (χ3n) is 5.47. The number of aromatic nitrogens is 3. The Morgan fingerprint density at radius 3 is 2.93 bits per heavy atom. The SMILES string of the molecule is Cn1cccc1C1CCCN1C(=O)Nc1cnn(CCN2CCOCC2)c1. The molecule has 2 amide bonds. The number of urea groups is 1. The molecule has 4 heterocycles. The van der Waals surface area contributed by atoms with Crippen LogP contribution in [0.1, 0.15) is 24.6 Å². The van der Waals surface area contributed by atoms with Crippen LogP contribution in [0.25, 0.3) is 0 Å². The minimum Gasteiger partial charge on any atom is -0.379 e. The smallest absolute Gasteiger partial charge is 0.322 e. The van der Waals surface area contributed by atoms with Crippen molar-refractivity contribution in [3.8, 4) is 0 Å². The summed E-state index contributed by atoms with van der Waals surface area (Å²) in [5.74, 6) is 0. The molecule has 2 fully saturated rings. The van der Waals surface area contributed by atoms with Gasteiger partial charge in [-0.3, -0.25) is 9.58 Å². The van der Waals surface area contributed by atoms with Gasteiger partial charge in [0, 0.05) is 51.3 Å². The predicted molar refractivity (Wildman–Crippen MR) is 103 cm³/mol. The van der Waals surface area contributed by atoms with Crippen LogP contribution in [0.2, 0.25) is 0 Å². The highest BCUT2D eigenvalue weighted by Crippen LogP contribution is 2.32. The van der Waals surface area contributed by atoms with Crippen molar-refractivity contribution in [1.82, 2.24) is 24.1 Å². The molecular weight excluding hydrogens is 344 g/mol. The number of likely N-dealkylation sites (tertiary alicyclic amines) is 1. The van der Waals surface area contributed by atoms with E-state index in [0.29, 0.717) is 0 Å². The van der Waals surface area contributed by atoms with Gasteiger partial charge in [0.25, 0.3) is 0 Å². The number of carbonyl (C=O) groups excluding carboxylic acids is 1. The van der Waals surface area contributed by atoms with Crippen LogP contribution in [0.4, 0.5) is 10.5 Å². The molecule has 8 nitrogen and oxygen atoms in total. The molecule has 0 saturated carbocycles. The summed E-state index contributed by atoms with van der Waals surface area (Å²) in [6.07, 6.45) is 7.70. The number of nitrogens with one attached hydrogen (secondary N) is 1. The molecule has 1 unspecified atom stereocenters. The Bertz CT molecular complexity index is 764. The summed E-state index contributed by atoms with van der Waals surface area (Å²) in [5, 5.41) is 7.40. The van der Waals surface area contributed by atoms with Crippen LogP contribution in [0.3, 0.4) is 0 Å². The Labute approximate surface area is 159 Å². The van der Waals surface area contributed by atoms with E-state index in [0.717, 1.165) is 64.5 Å². The lowest BCUT2D eigenvalue weighted by Gasteiger charge is -2.26. The maximum absolute atomic E-state index is 12.8. The summed E-state index contributed by atoms with van der Waals surface area (Å²) in [5.41, 5.74) is 1.93. The Hall–Kier alpha value is -2.32. The van der Waals surface area contributed by atoms with Gasteiger partial charge in [0.1, 0.15) is 0 Å². The molecule has 27 heavy (non-hydrogen) atoms. The first-order valence-electron chi connectivity index (χ1n) is 9.72. The third kappa shape index (κ3) is 4.17. The minimum atomic E-state index is -0.0496. The van der Waals surface area contributed by atoms with E-state index in [9.17, 15) is 4.79 Å². The Morgan fingerprint density at radius 2 is 2.15 bits per heavy atom. The van der Waals surface area contributed by atoms with Gasteiger partial charge in [-0.2, -0.15) is 5.10 Å². The van der Waals surface area contributed by atoms with Crippen LogP contribution in [0.5, 0.6) is 0 Å². The van der Waals surface area contributed by atoms with Gasteiger partial charge in [-0.05, 0) is 25.0 Å². The summed E-state index contributed by atoms with van der Waals surface area (Å²) in [4.78, 5) is 17.1. The molecule has 4 rings (SSSR count). The second-order valence-electron chi connectivity index (χ2n) is 7.27. The number of morpholine rings is 1. The number of rotatable bonds is 5. The van der Waals surface area contributed by atoms with E-state index in [1.807, 2.05) is 35.1 Å². The fraction of sp³-hybridized carbons (Fsp3) is 0.579. The lowest BCUT2D eigenvalue weighted by Crippen LogP contribution is -2.38. The highest BCUT2D eigenvalue weighted by molar-refractivity contribution is 5.89. The van der Waals surface area contributed by atoms with Crippen molar-refractivity contribution in [1.29, 1.82) is 0 Å². The number of hydrogen-bond donors (Lipinski definition) is 1. The van der Waals surface area contributed by atoms with Crippen molar-refractivity contribution >= 4 is 11.7 Å². The predicted octanol–water partition coefficient (Wildman–Crippen LogP) is 1.92. The number of amides is 2. The van der Waals surface area contributed by atoms with Crippen molar-refractivity contribution in [2.24, 2.45) is 7.05 Å². The molecular formula is C19H28N6O2. The molecule has 1 N–H and O–H groups in total. The standard InChI is InChI=1S/C19H28N6O2/c1-22-6-2-4-17(22)18-5-3-7-25(18)19(26)21-16-14-20-24(15-16)9-8-23-10-12-27-13-11-23/h2,4,6,14-15,18H,3,5,7-13H2,1H3,(H,21,26). The first kappa shape index (κ1) is 18.1. The van der Waals surface area contributed by atoms with E-state index in [-0.39, 0.29) is 12.1 Å². The Morgan fingerprint density at radius 1 is 1.30 bits per heavy atom. The van der Waals surface area contributed by atoms with Crippen LogP contribution in [-0.4, -0.2) is 69.6 Å². The molecule has 0 bridgehead atoms. The Kier molecular flexibility index (Phi) is 5.45. The number of ether oxygens (including phenoxy) is 1. The molecule has 2 aromatic heterocycles. The van der Waals surface area contributed by atoms with Crippen LogP contribution >= 0.6 is 0 Å². The maximum atomic E-state index is 12.8. The van der Waals surface area contributed by atoms with Crippen LogP contribution in [0.15, 0.2) is 30.7 Å². The summed E-state index contributed by atoms with van der Waals surface area (Å²) in [6.45, 7) is 6.09. The summed E-state index contributed by atoms with van der Waals surface area (Å²) >= 11 is 0. The normalized spacial score (nSPS) is 20.9. The first-order chi connectivity index (χ1) is 13.2. The van der Waals surface area contributed by atoms with E-state index in [1.165, 1.54) is 5.69 Å². The second-order valence-corrected chi connectivity index (χ2v) is 7.27. The number of hydrogen-bond acceptors (Lipinski definition) is 4. The number of aryl methyl sites for hydroxylation is 1. The van der Waals surface area contributed by atoms with Gasteiger partial charge in [-0.15, -0.1) is 0 Å². The molecule has 146 valence electrons. The van der Waals surface area contributed by atoms with Crippen molar-refractivity contribution in [3.63, 3.8) is 0 Å². The van der Waals surface area contributed by atoms with Crippen molar-refractivity contribution < 1.29 is 9.53 Å².